The maximum absolute atomic E-state index is 12.8. The SMILES string of the molecule is Cc1ccccc1-c1nc2s/c(=C\c3ccc(-c4ccc(S(N)(=O)=O)cc4)o3)c(=O)n2n1. The Hall–Kier alpha value is -3.60. The van der Waals surface area contributed by atoms with Crippen molar-refractivity contribution in [2.24, 2.45) is 5.14 Å². The molecule has 0 aliphatic heterocycles. The summed E-state index contributed by atoms with van der Waals surface area (Å²) >= 11 is 1.23. The molecule has 3 aromatic heterocycles. The van der Waals surface area contributed by atoms with Crippen LogP contribution in [-0.2, 0) is 10.0 Å². The highest BCUT2D eigenvalue weighted by Gasteiger charge is 2.14. The van der Waals surface area contributed by atoms with Crippen molar-refractivity contribution in [2.75, 3.05) is 0 Å². The summed E-state index contributed by atoms with van der Waals surface area (Å²) in [6, 6.07) is 17.3. The molecule has 0 radical (unpaired) electrons. The maximum Gasteiger partial charge on any atom is 0.291 e. The van der Waals surface area contributed by atoms with Gasteiger partial charge in [-0.3, -0.25) is 4.79 Å². The maximum atomic E-state index is 12.8. The number of sulfonamides is 1. The number of benzene rings is 2. The van der Waals surface area contributed by atoms with Gasteiger partial charge in [0.25, 0.3) is 5.56 Å². The van der Waals surface area contributed by atoms with E-state index in [9.17, 15) is 13.2 Å². The fraction of sp³-hybridized carbons (Fsp3) is 0.0455. The van der Waals surface area contributed by atoms with E-state index < -0.39 is 10.0 Å². The summed E-state index contributed by atoms with van der Waals surface area (Å²) in [5, 5.41) is 9.51. The van der Waals surface area contributed by atoms with Crippen LogP contribution in [0.1, 0.15) is 11.3 Å². The number of nitrogens with zero attached hydrogens (tertiary/aromatic N) is 3. The Morgan fingerprint density at radius 3 is 2.50 bits per heavy atom. The van der Waals surface area contributed by atoms with Crippen molar-refractivity contribution in [1.82, 2.24) is 14.6 Å². The lowest BCUT2D eigenvalue weighted by Crippen LogP contribution is -2.23. The minimum Gasteiger partial charge on any atom is -0.457 e. The molecule has 0 bridgehead atoms. The van der Waals surface area contributed by atoms with Crippen LogP contribution in [0.3, 0.4) is 0 Å². The molecule has 8 nitrogen and oxygen atoms in total. The van der Waals surface area contributed by atoms with E-state index in [1.54, 1.807) is 30.3 Å². The molecule has 0 unspecified atom stereocenters. The second-order valence-electron chi connectivity index (χ2n) is 7.13. The molecule has 5 aromatic rings. The van der Waals surface area contributed by atoms with Crippen LogP contribution >= 0.6 is 11.3 Å². The zero-order chi connectivity index (χ0) is 22.5. The molecule has 0 aliphatic carbocycles. The van der Waals surface area contributed by atoms with Crippen LogP contribution in [0.4, 0.5) is 0 Å². The molecule has 160 valence electrons. The fourth-order valence-corrected chi connectivity index (χ4v) is 4.70. The van der Waals surface area contributed by atoms with E-state index in [0.29, 0.717) is 32.4 Å². The molecular weight excluding hydrogens is 448 g/mol. The van der Waals surface area contributed by atoms with Gasteiger partial charge >= 0.3 is 0 Å². The third kappa shape index (κ3) is 3.64. The Morgan fingerprint density at radius 2 is 1.81 bits per heavy atom. The van der Waals surface area contributed by atoms with E-state index in [-0.39, 0.29) is 10.5 Å². The number of hydrogen-bond acceptors (Lipinski definition) is 7. The molecule has 3 heterocycles. The van der Waals surface area contributed by atoms with Gasteiger partial charge in [0.1, 0.15) is 16.1 Å². The Kier molecular flexibility index (Phi) is 4.77. The first-order chi connectivity index (χ1) is 15.3. The standard InChI is InChI=1S/C22H16N4O4S2/c1-13-4-2-3-5-17(13)20-24-22-26(25-20)21(27)19(31-22)12-15-8-11-18(30-15)14-6-9-16(10-7-14)32(23,28)29/h2-12H,1H3,(H2,23,28,29)/b19-12-. The first-order valence-corrected chi connectivity index (χ1v) is 11.9. The molecule has 0 spiro atoms. The van der Waals surface area contributed by atoms with E-state index in [1.807, 2.05) is 31.2 Å². The highest BCUT2D eigenvalue weighted by Crippen LogP contribution is 2.24. The zero-order valence-corrected chi connectivity index (χ0v) is 18.4. The molecular formula is C22H16N4O4S2. The highest BCUT2D eigenvalue weighted by atomic mass is 32.2. The average Bonchev–Trinajstić information content (AvgIpc) is 3.46. The van der Waals surface area contributed by atoms with Crippen LogP contribution < -0.4 is 15.2 Å². The molecule has 0 amide bonds. The Morgan fingerprint density at radius 1 is 1.06 bits per heavy atom. The Balaban J connectivity index is 1.48. The van der Waals surface area contributed by atoms with Gasteiger partial charge < -0.3 is 4.42 Å². The normalized spacial score (nSPS) is 12.6. The number of furan rings is 1. The van der Waals surface area contributed by atoms with Crippen molar-refractivity contribution in [1.29, 1.82) is 0 Å². The first-order valence-electron chi connectivity index (χ1n) is 9.50. The van der Waals surface area contributed by atoms with E-state index >= 15 is 0 Å². The van der Waals surface area contributed by atoms with Gasteiger partial charge in [-0.15, -0.1) is 5.10 Å². The predicted molar refractivity (Wildman–Crippen MR) is 122 cm³/mol. The van der Waals surface area contributed by atoms with E-state index in [0.717, 1.165) is 11.1 Å². The number of rotatable bonds is 4. The summed E-state index contributed by atoms with van der Waals surface area (Å²) in [6.07, 6.45) is 1.64. The number of aromatic nitrogens is 3. The third-order valence-electron chi connectivity index (χ3n) is 4.94. The summed E-state index contributed by atoms with van der Waals surface area (Å²) in [5.74, 6) is 1.53. The van der Waals surface area contributed by atoms with E-state index in [4.69, 9.17) is 9.56 Å². The van der Waals surface area contributed by atoms with Crippen molar-refractivity contribution in [3.63, 3.8) is 0 Å². The van der Waals surface area contributed by atoms with Gasteiger partial charge in [0.15, 0.2) is 5.82 Å². The lowest BCUT2D eigenvalue weighted by atomic mass is 10.1. The number of hydrogen-bond donors (Lipinski definition) is 1. The second-order valence-corrected chi connectivity index (χ2v) is 9.70. The van der Waals surface area contributed by atoms with Gasteiger partial charge in [0, 0.05) is 17.2 Å². The quantitative estimate of drug-likeness (QED) is 0.436. The van der Waals surface area contributed by atoms with Crippen LogP contribution in [0.2, 0.25) is 0 Å². The molecule has 2 N–H and O–H groups in total. The molecule has 32 heavy (non-hydrogen) atoms. The van der Waals surface area contributed by atoms with Crippen molar-refractivity contribution in [3.05, 3.63) is 86.9 Å². The summed E-state index contributed by atoms with van der Waals surface area (Å²) in [4.78, 5) is 17.8. The fourth-order valence-electron chi connectivity index (χ4n) is 3.30. The number of nitrogens with two attached hydrogens (primary N) is 1. The summed E-state index contributed by atoms with van der Waals surface area (Å²) in [7, 11) is -3.76. The summed E-state index contributed by atoms with van der Waals surface area (Å²) < 4.78 is 30.4. The van der Waals surface area contributed by atoms with E-state index in [1.165, 1.54) is 28.0 Å². The van der Waals surface area contributed by atoms with Crippen molar-refractivity contribution in [2.45, 2.75) is 11.8 Å². The summed E-state index contributed by atoms with van der Waals surface area (Å²) in [6.45, 7) is 1.97. The third-order valence-corrected chi connectivity index (χ3v) is 6.82. The number of aryl methyl sites for hydroxylation is 1. The van der Waals surface area contributed by atoms with Gasteiger partial charge in [-0.25, -0.2) is 13.6 Å². The number of primary sulfonamides is 1. The predicted octanol–water partition coefficient (Wildman–Crippen LogP) is 2.58. The zero-order valence-electron chi connectivity index (χ0n) is 16.7. The second kappa shape index (κ2) is 7.52. The van der Waals surface area contributed by atoms with Gasteiger partial charge in [-0.05, 0) is 48.9 Å². The van der Waals surface area contributed by atoms with Gasteiger partial charge in [0.2, 0.25) is 15.0 Å². The van der Waals surface area contributed by atoms with E-state index in [2.05, 4.69) is 10.1 Å². The lowest BCUT2D eigenvalue weighted by molar-refractivity contribution is 0.571. The van der Waals surface area contributed by atoms with Crippen LogP contribution in [-0.4, -0.2) is 23.0 Å². The number of fused-ring (bicyclic) bond motifs is 1. The topological polar surface area (TPSA) is 121 Å². The van der Waals surface area contributed by atoms with Crippen LogP contribution in [0.25, 0.3) is 33.7 Å². The monoisotopic (exact) mass is 464 g/mol. The molecule has 10 heteroatoms. The van der Waals surface area contributed by atoms with Crippen LogP contribution in [0.15, 0.2) is 74.8 Å². The Bertz CT molecular complexity index is 1680. The average molecular weight is 465 g/mol. The van der Waals surface area contributed by atoms with Crippen molar-refractivity contribution in [3.8, 4) is 22.7 Å². The first kappa shape index (κ1) is 20.3. The molecule has 2 aromatic carbocycles. The largest absolute Gasteiger partial charge is 0.457 e. The molecule has 5 rings (SSSR count). The molecule has 0 saturated carbocycles. The van der Waals surface area contributed by atoms with Crippen molar-refractivity contribution < 1.29 is 12.8 Å². The lowest BCUT2D eigenvalue weighted by Gasteiger charge is -2.00. The van der Waals surface area contributed by atoms with Gasteiger partial charge in [-0.1, -0.05) is 35.6 Å². The highest BCUT2D eigenvalue weighted by molar-refractivity contribution is 7.89. The minimum atomic E-state index is -3.76. The summed E-state index contributed by atoms with van der Waals surface area (Å²) in [5.41, 5.74) is 2.33. The van der Waals surface area contributed by atoms with Crippen LogP contribution in [0, 0.1) is 6.92 Å². The molecule has 0 aliphatic rings. The van der Waals surface area contributed by atoms with Crippen molar-refractivity contribution >= 4 is 32.4 Å². The number of thiazole rings is 1. The minimum absolute atomic E-state index is 0.0232. The molecule has 0 saturated heterocycles. The van der Waals surface area contributed by atoms with Gasteiger partial charge in [0.05, 0.1) is 4.90 Å². The van der Waals surface area contributed by atoms with Gasteiger partial charge in [-0.2, -0.15) is 9.50 Å². The Labute approximate surface area is 186 Å². The molecule has 0 atom stereocenters. The smallest absolute Gasteiger partial charge is 0.291 e. The molecule has 0 fully saturated rings. The van der Waals surface area contributed by atoms with Crippen LogP contribution in [0.5, 0.6) is 0 Å².